The van der Waals surface area contributed by atoms with E-state index in [4.69, 9.17) is 24.4 Å². The molecule has 202 valence electrons. The van der Waals surface area contributed by atoms with E-state index in [-0.39, 0.29) is 5.78 Å². The number of Topliss-reactive ketones (excluding diaryl/α,β-unsaturated/α-hetero) is 1. The highest BCUT2D eigenvalue weighted by atomic mass is 16.5. The molecule has 0 saturated carbocycles. The fourth-order valence-electron chi connectivity index (χ4n) is 3.52. The van der Waals surface area contributed by atoms with E-state index >= 15 is 0 Å². The number of carboxylic acid groups (broad SMARTS) is 2. The highest BCUT2D eigenvalue weighted by Gasteiger charge is 2.11. The summed E-state index contributed by atoms with van der Waals surface area (Å²) in [5.41, 5.74) is 1.88. The van der Waals surface area contributed by atoms with Gasteiger partial charge in [-0.1, -0.05) is 31.5 Å². The zero-order valence-corrected chi connectivity index (χ0v) is 21.9. The van der Waals surface area contributed by atoms with E-state index in [2.05, 4.69) is 17.9 Å². The van der Waals surface area contributed by atoms with Crippen molar-refractivity contribution in [3.63, 3.8) is 0 Å². The predicted molar refractivity (Wildman–Crippen MR) is 141 cm³/mol. The van der Waals surface area contributed by atoms with Gasteiger partial charge in [-0.3, -0.25) is 9.69 Å². The molecule has 0 aliphatic rings. The molecule has 9 heteroatoms. The lowest BCUT2D eigenvalue weighted by atomic mass is 10.0. The van der Waals surface area contributed by atoms with E-state index in [0.717, 1.165) is 44.6 Å². The van der Waals surface area contributed by atoms with Crippen LogP contribution < -0.4 is 14.2 Å². The van der Waals surface area contributed by atoms with E-state index in [1.54, 1.807) is 39.5 Å². The molecule has 0 aliphatic carbocycles. The van der Waals surface area contributed by atoms with Gasteiger partial charge < -0.3 is 24.4 Å². The van der Waals surface area contributed by atoms with Crippen molar-refractivity contribution in [2.24, 2.45) is 0 Å². The van der Waals surface area contributed by atoms with E-state index in [1.165, 1.54) is 5.56 Å². The summed E-state index contributed by atoms with van der Waals surface area (Å²) in [4.78, 5) is 34.0. The number of para-hydroxylation sites is 1. The number of carbonyl (C=O) groups excluding carboxylic acids is 1. The highest BCUT2D eigenvalue weighted by molar-refractivity contribution is 5.96. The number of nitrogens with zero attached hydrogens (tertiary/aromatic N) is 1. The Balaban J connectivity index is 0.000000738. The molecule has 0 saturated heterocycles. The minimum absolute atomic E-state index is 0.146. The lowest BCUT2D eigenvalue weighted by Gasteiger charge is -2.21. The Kier molecular flexibility index (Phi) is 14.8. The second-order valence-electron chi connectivity index (χ2n) is 7.99. The van der Waals surface area contributed by atoms with Crippen molar-refractivity contribution in [3.05, 3.63) is 65.7 Å². The van der Waals surface area contributed by atoms with Crippen molar-refractivity contribution < 1.29 is 38.8 Å². The Morgan fingerprint density at radius 3 is 2.00 bits per heavy atom. The van der Waals surface area contributed by atoms with Gasteiger partial charge in [-0.2, -0.15) is 0 Å². The van der Waals surface area contributed by atoms with Crippen LogP contribution in [0.4, 0.5) is 0 Å². The van der Waals surface area contributed by atoms with Crippen LogP contribution in [0.5, 0.6) is 17.2 Å². The molecule has 0 bridgehead atoms. The predicted octanol–water partition coefficient (Wildman–Crippen LogP) is 4.69. The summed E-state index contributed by atoms with van der Waals surface area (Å²) in [6, 6.07) is 13.5. The summed E-state index contributed by atoms with van der Waals surface area (Å²) in [6.07, 6.45) is 4.65. The minimum atomic E-state index is -1.26. The van der Waals surface area contributed by atoms with Crippen molar-refractivity contribution in [2.45, 2.75) is 39.2 Å². The van der Waals surface area contributed by atoms with E-state index in [9.17, 15) is 14.4 Å². The summed E-state index contributed by atoms with van der Waals surface area (Å²) in [5, 5.41) is 15.6. The van der Waals surface area contributed by atoms with E-state index < -0.39 is 11.9 Å². The van der Waals surface area contributed by atoms with Gasteiger partial charge in [0.1, 0.15) is 5.75 Å². The average Bonchev–Trinajstić information content (AvgIpc) is 2.91. The maximum atomic E-state index is 12.5. The summed E-state index contributed by atoms with van der Waals surface area (Å²) in [5.74, 6) is -0.203. The summed E-state index contributed by atoms with van der Waals surface area (Å²) >= 11 is 0. The van der Waals surface area contributed by atoms with Crippen LogP contribution in [0.3, 0.4) is 0 Å². The van der Waals surface area contributed by atoms with Gasteiger partial charge in [-0.15, -0.1) is 0 Å². The SMILES string of the molecule is CCN(CCCCCC(=O)c1ccc(OC)c(OC)c1)Cc1ccccc1OC.O=C(O)/C=C/C(=O)O. The Morgan fingerprint density at radius 1 is 0.811 bits per heavy atom. The van der Waals surface area contributed by atoms with Crippen LogP contribution in [0.25, 0.3) is 0 Å². The van der Waals surface area contributed by atoms with Crippen LogP contribution >= 0.6 is 0 Å². The second kappa shape index (κ2) is 17.6. The molecule has 2 aromatic carbocycles. The molecule has 2 rings (SSSR count). The maximum absolute atomic E-state index is 12.5. The zero-order valence-electron chi connectivity index (χ0n) is 21.9. The van der Waals surface area contributed by atoms with Gasteiger partial charge >= 0.3 is 11.9 Å². The number of carboxylic acids is 2. The molecule has 0 fully saturated rings. The molecule has 0 aromatic heterocycles. The summed E-state index contributed by atoms with van der Waals surface area (Å²) < 4.78 is 16.0. The Hall–Kier alpha value is -3.85. The number of ketones is 1. The number of methoxy groups -OCH3 is 3. The van der Waals surface area contributed by atoms with E-state index in [1.807, 2.05) is 18.2 Å². The quantitative estimate of drug-likeness (QED) is 0.198. The van der Waals surface area contributed by atoms with Gasteiger partial charge in [0.15, 0.2) is 17.3 Å². The molecule has 0 spiro atoms. The van der Waals surface area contributed by atoms with Crippen LogP contribution in [0.2, 0.25) is 0 Å². The largest absolute Gasteiger partial charge is 0.496 e. The third-order valence-electron chi connectivity index (χ3n) is 5.49. The lowest BCUT2D eigenvalue weighted by Crippen LogP contribution is -2.24. The number of hydrogen-bond donors (Lipinski definition) is 2. The molecule has 2 aromatic rings. The lowest BCUT2D eigenvalue weighted by molar-refractivity contribution is -0.134. The van der Waals surface area contributed by atoms with Crippen molar-refractivity contribution in [3.8, 4) is 17.2 Å². The molecule has 0 aliphatic heterocycles. The number of carbonyl (C=O) groups is 3. The van der Waals surface area contributed by atoms with Gasteiger partial charge in [0.05, 0.1) is 21.3 Å². The number of benzene rings is 2. The summed E-state index contributed by atoms with van der Waals surface area (Å²) in [7, 11) is 4.88. The zero-order chi connectivity index (χ0) is 27.6. The van der Waals surface area contributed by atoms with E-state index in [0.29, 0.717) is 35.6 Å². The first-order valence-corrected chi connectivity index (χ1v) is 12.0. The number of aliphatic carboxylic acids is 2. The third-order valence-corrected chi connectivity index (χ3v) is 5.49. The first-order chi connectivity index (χ1) is 17.7. The number of ether oxygens (including phenoxy) is 3. The van der Waals surface area contributed by atoms with Crippen molar-refractivity contribution >= 4 is 17.7 Å². The molecular weight excluding hydrogens is 478 g/mol. The number of unbranched alkanes of at least 4 members (excludes halogenated alkanes) is 2. The number of hydrogen-bond acceptors (Lipinski definition) is 7. The standard InChI is InChI=1S/C24H33NO4.C4H4O4/c1-5-25(18-20-11-8-9-13-22(20)27-2)16-10-6-7-12-21(26)19-14-15-23(28-3)24(17-19)29-4;5-3(6)1-2-4(7)8/h8-9,11,13-15,17H,5-7,10,12,16,18H2,1-4H3;1-2H,(H,5,6)(H,7,8)/b;2-1+. The molecular formula is C28H37NO8. The molecule has 0 radical (unpaired) electrons. The fourth-order valence-corrected chi connectivity index (χ4v) is 3.52. The smallest absolute Gasteiger partial charge is 0.328 e. The molecule has 0 atom stereocenters. The Bertz CT molecular complexity index is 1020. The maximum Gasteiger partial charge on any atom is 0.328 e. The topological polar surface area (TPSA) is 123 Å². The van der Waals surface area contributed by atoms with Gasteiger partial charge in [-0.05, 0) is 50.2 Å². The van der Waals surface area contributed by atoms with Gasteiger partial charge in [-0.25, -0.2) is 9.59 Å². The van der Waals surface area contributed by atoms with Gasteiger partial charge in [0, 0.05) is 36.2 Å². The highest BCUT2D eigenvalue weighted by Crippen LogP contribution is 2.28. The number of rotatable bonds is 15. The van der Waals surface area contributed by atoms with Crippen LogP contribution in [0.1, 0.15) is 48.5 Å². The van der Waals surface area contributed by atoms with Crippen molar-refractivity contribution in [2.75, 3.05) is 34.4 Å². The Labute approximate surface area is 218 Å². The molecule has 0 heterocycles. The van der Waals surface area contributed by atoms with Crippen molar-refractivity contribution in [1.82, 2.24) is 4.90 Å². The Morgan fingerprint density at radius 2 is 1.43 bits per heavy atom. The van der Waals surface area contributed by atoms with Crippen LogP contribution in [-0.4, -0.2) is 67.3 Å². The molecule has 37 heavy (non-hydrogen) atoms. The first-order valence-electron chi connectivity index (χ1n) is 12.0. The van der Waals surface area contributed by atoms with Gasteiger partial charge in [0.2, 0.25) is 0 Å². The fraction of sp³-hybridized carbons (Fsp3) is 0.393. The summed E-state index contributed by atoms with van der Waals surface area (Å²) in [6.45, 7) is 5.06. The molecule has 0 amide bonds. The minimum Gasteiger partial charge on any atom is -0.496 e. The van der Waals surface area contributed by atoms with Crippen LogP contribution in [0.15, 0.2) is 54.6 Å². The normalized spacial score (nSPS) is 10.5. The molecule has 2 N–H and O–H groups in total. The third kappa shape index (κ3) is 12.1. The average molecular weight is 516 g/mol. The monoisotopic (exact) mass is 515 g/mol. The second-order valence-corrected chi connectivity index (χ2v) is 7.99. The van der Waals surface area contributed by atoms with Crippen molar-refractivity contribution in [1.29, 1.82) is 0 Å². The van der Waals surface area contributed by atoms with Gasteiger partial charge in [0.25, 0.3) is 0 Å². The van der Waals surface area contributed by atoms with Crippen LogP contribution in [0, 0.1) is 0 Å². The molecule has 9 nitrogen and oxygen atoms in total. The first kappa shape index (κ1) is 31.2. The molecule has 0 unspecified atom stereocenters. The van der Waals surface area contributed by atoms with Crippen LogP contribution in [-0.2, 0) is 16.1 Å².